The molecule has 0 spiro atoms. The van der Waals surface area contributed by atoms with Crippen LogP contribution < -0.4 is 0 Å². The van der Waals surface area contributed by atoms with Crippen molar-refractivity contribution in [1.82, 2.24) is 19.8 Å². The maximum atomic E-state index is 13.5. The van der Waals surface area contributed by atoms with Crippen molar-refractivity contribution in [3.63, 3.8) is 0 Å². The van der Waals surface area contributed by atoms with Crippen molar-refractivity contribution in [1.29, 1.82) is 0 Å². The molecule has 2 aromatic heterocycles. The molecule has 0 radical (unpaired) electrons. The molecule has 1 atom stereocenters. The first kappa shape index (κ1) is 22.2. The molecule has 0 N–H and O–H groups in total. The fourth-order valence-electron chi connectivity index (χ4n) is 4.93. The van der Waals surface area contributed by atoms with Crippen LogP contribution in [0.2, 0.25) is 0 Å². The minimum absolute atomic E-state index is 0.214. The molecule has 1 unspecified atom stereocenters. The molecule has 1 amide bonds. The van der Waals surface area contributed by atoms with E-state index in [1.54, 1.807) is 11.1 Å². The molecule has 166 valence electrons. The zero-order valence-corrected chi connectivity index (χ0v) is 19.3. The summed E-state index contributed by atoms with van der Waals surface area (Å²) in [6, 6.07) is 18.7. The fourth-order valence-corrected chi connectivity index (χ4v) is 4.93. The maximum Gasteiger partial charge on any atom is 0.229 e. The quantitative estimate of drug-likeness (QED) is 0.585. The van der Waals surface area contributed by atoms with Crippen molar-refractivity contribution in [3.05, 3.63) is 83.9 Å². The van der Waals surface area contributed by atoms with E-state index in [9.17, 15) is 4.79 Å². The van der Waals surface area contributed by atoms with Gasteiger partial charge in [-0.3, -0.25) is 19.7 Å². The van der Waals surface area contributed by atoms with Crippen LogP contribution >= 0.6 is 0 Å². The number of hydrogen-bond acceptors (Lipinski definition) is 4. The number of benzene rings is 1. The van der Waals surface area contributed by atoms with Crippen LogP contribution in [0.15, 0.2) is 67.0 Å². The molecular weight excluding hydrogens is 396 g/mol. The molecule has 5 nitrogen and oxygen atoms in total. The monoisotopic (exact) mass is 428 g/mol. The van der Waals surface area contributed by atoms with E-state index in [4.69, 9.17) is 0 Å². The van der Waals surface area contributed by atoms with Gasteiger partial charge in [-0.25, -0.2) is 0 Å². The van der Waals surface area contributed by atoms with Gasteiger partial charge in [-0.1, -0.05) is 36.4 Å². The normalized spacial score (nSPS) is 19.0. The summed E-state index contributed by atoms with van der Waals surface area (Å²) in [7, 11) is 3.74. The Morgan fingerprint density at radius 2 is 1.91 bits per heavy atom. The SMILES string of the molecule is Cc1cccc(CN2CCCC(Cc3cccc(-c4cccnc4)c3)(C(=O)N(C)C)C2)n1. The van der Waals surface area contributed by atoms with E-state index in [2.05, 4.69) is 57.3 Å². The van der Waals surface area contributed by atoms with Crippen molar-refractivity contribution < 1.29 is 4.79 Å². The second kappa shape index (κ2) is 9.61. The molecule has 1 saturated heterocycles. The third-order valence-corrected chi connectivity index (χ3v) is 6.31. The molecule has 3 heterocycles. The van der Waals surface area contributed by atoms with Gasteiger partial charge in [0, 0.05) is 45.3 Å². The van der Waals surface area contributed by atoms with E-state index in [1.807, 2.05) is 39.3 Å². The molecule has 1 fully saturated rings. The van der Waals surface area contributed by atoms with Gasteiger partial charge >= 0.3 is 0 Å². The van der Waals surface area contributed by atoms with Crippen LogP contribution in [0.25, 0.3) is 11.1 Å². The number of piperidine rings is 1. The Kier molecular flexibility index (Phi) is 6.66. The third kappa shape index (κ3) is 5.05. The lowest BCUT2D eigenvalue weighted by Crippen LogP contribution is -2.52. The van der Waals surface area contributed by atoms with E-state index in [-0.39, 0.29) is 5.91 Å². The smallest absolute Gasteiger partial charge is 0.229 e. The topological polar surface area (TPSA) is 49.3 Å². The lowest BCUT2D eigenvalue weighted by molar-refractivity contribution is -0.143. The minimum Gasteiger partial charge on any atom is -0.348 e. The standard InChI is InChI=1S/C27H32N4O/c1-21-8-4-12-25(29-21)19-31-15-7-13-27(20-31,26(32)30(2)3)17-22-9-5-10-23(16-22)24-11-6-14-28-18-24/h4-6,8-12,14,16,18H,7,13,15,17,19-20H2,1-3H3. The van der Waals surface area contributed by atoms with E-state index < -0.39 is 5.41 Å². The molecule has 5 heteroatoms. The van der Waals surface area contributed by atoms with E-state index >= 15 is 0 Å². The highest BCUT2D eigenvalue weighted by atomic mass is 16.2. The van der Waals surface area contributed by atoms with Crippen LogP contribution in [-0.2, 0) is 17.8 Å². The zero-order valence-electron chi connectivity index (χ0n) is 19.3. The number of carbonyl (C=O) groups is 1. The number of pyridine rings is 2. The molecule has 1 aliphatic heterocycles. The van der Waals surface area contributed by atoms with Gasteiger partial charge in [0.25, 0.3) is 0 Å². The first-order valence-electron chi connectivity index (χ1n) is 11.3. The predicted molar refractivity (Wildman–Crippen MR) is 128 cm³/mol. The summed E-state index contributed by atoms with van der Waals surface area (Å²) in [5, 5.41) is 0. The molecule has 1 aromatic carbocycles. The summed E-state index contributed by atoms with van der Waals surface area (Å²) in [4.78, 5) is 26.6. The first-order chi connectivity index (χ1) is 15.4. The van der Waals surface area contributed by atoms with Gasteiger partial charge in [-0.15, -0.1) is 0 Å². The van der Waals surface area contributed by atoms with Crippen LogP contribution in [0.5, 0.6) is 0 Å². The van der Waals surface area contributed by atoms with Gasteiger partial charge in [0.05, 0.1) is 11.1 Å². The number of likely N-dealkylation sites (tertiary alicyclic amines) is 1. The fraction of sp³-hybridized carbons (Fsp3) is 0.370. The van der Waals surface area contributed by atoms with Gasteiger partial charge in [-0.2, -0.15) is 0 Å². The van der Waals surface area contributed by atoms with Crippen LogP contribution in [0.4, 0.5) is 0 Å². The Morgan fingerprint density at radius 1 is 1.09 bits per heavy atom. The third-order valence-electron chi connectivity index (χ3n) is 6.31. The molecule has 32 heavy (non-hydrogen) atoms. The molecule has 1 aliphatic rings. The van der Waals surface area contributed by atoms with Gasteiger partial charge in [0.2, 0.25) is 5.91 Å². The Morgan fingerprint density at radius 3 is 2.66 bits per heavy atom. The second-order valence-electron chi connectivity index (χ2n) is 9.18. The highest BCUT2D eigenvalue weighted by Gasteiger charge is 2.43. The minimum atomic E-state index is -0.431. The maximum absolute atomic E-state index is 13.5. The number of aromatic nitrogens is 2. The summed E-state index contributed by atoms with van der Waals surface area (Å²) in [6.45, 7) is 4.54. The summed E-state index contributed by atoms with van der Waals surface area (Å²) in [5.74, 6) is 0.214. The number of hydrogen-bond donors (Lipinski definition) is 0. The van der Waals surface area contributed by atoms with Crippen molar-refractivity contribution in [2.45, 2.75) is 32.7 Å². The highest BCUT2D eigenvalue weighted by Crippen LogP contribution is 2.36. The summed E-state index contributed by atoms with van der Waals surface area (Å²) >= 11 is 0. The largest absolute Gasteiger partial charge is 0.348 e. The van der Waals surface area contributed by atoms with Gasteiger partial charge in [-0.05, 0) is 67.6 Å². The van der Waals surface area contributed by atoms with Crippen LogP contribution in [-0.4, -0.2) is 52.9 Å². The van der Waals surface area contributed by atoms with E-state index in [0.29, 0.717) is 0 Å². The zero-order chi connectivity index (χ0) is 22.6. The van der Waals surface area contributed by atoms with Gasteiger partial charge in [0.15, 0.2) is 0 Å². The number of aryl methyl sites for hydroxylation is 1. The lowest BCUT2D eigenvalue weighted by atomic mass is 9.73. The average molecular weight is 429 g/mol. The van der Waals surface area contributed by atoms with Gasteiger partial charge in [0.1, 0.15) is 0 Å². The molecule has 3 aromatic rings. The van der Waals surface area contributed by atoms with Gasteiger partial charge < -0.3 is 4.90 Å². The lowest BCUT2D eigenvalue weighted by Gasteiger charge is -2.43. The number of carbonyl (C=O) groups excluding carboxylic acids is 1. The van der Waals surface area contributed by atoms with E-state index in [0.717, 1.165) is 61.4 Å². The average Bonchev–Trinajstić information content (AvgIpc) is 2.79. The van der Waals surface area contributed by atoms with Crippen molar-refractivity contribution in [3.8, 4) is 11.1 Å². The Balaban J connectivity index is 1.60. The number of amides is 1. The van der Waals surface area contributed by atoms with Crippen molar-refractivity contribution >= 4 is 5.91 Å². The molecule has 0 bridgehead atoms. The van der Waals surface area contributed by atoms with Crippen LogP contribution in [0, 0.1) is 12.3 Å². The van der Waals surface area contributed by atoms with Crippen LogP contribution in [0.1, 0.15) is 29.8 Å². The molecule has 0 aliphatic carbocycles. The Bertz CT molecular complexity index is 1070. The Hall–Kier alpha value is -3.05. The predicted octanol–water partition coefficient (Wildman–Crippen LogP) is 4.37. The highest BCUT2D eigenvalue weighted by molar-refractivity contribution is 5.83. The number of rotatable bonds is 6. The summed E-state index contributed by atoms with van der Waals surface area (Å²) in [6.07, 6.45) is 6.32. The molecular formula is C27H32N4O. The molecule has 4 rings (SSSR count). The van der Waals surface area contributed by atoms with Crippen molar-refractivity contribution in [2.75, 3.05) is 27.2 Å². The number of nitrogens with zero attached hydrogens (tertiary/aromatic N) is 4. The van der Waals surface area contributed by atoms with Crippen LogP contribution in [0.3, 0.4) is 0 Å². The van der Waals surface area contributed by atoms with Crippen molar-refractivity contribution in [2.24, 2.45) is 5.41 Å². The Labute approximate surface area is 191 Å². The molecule has 0 saturated carbocycles. The summed E-state index contributed by atoms with van der Waals surface area (Å²) in [5.41, 5.74) is 5.09. The van der Waals surface area contributed by atoms with E-state index in [1.165, 1.54) is 5.56 Å². The second-order valence-corrected chi connectivity index (χ2v) is 9.18. The summed E-state index contributed by atoms with van der Waals surface area (Å²) < 4.78 is 0. The first-order valence-corrected chi connectivity index (χ1v) is 11.3.